The molecule has 5 N–H and O–H groups in total. The Kier molecular flexibility index (Phi) is 5.54. The first kappa shape index (κ1) is 21.0. The molecule has 0 fully saturated rings. The van der Waals surface area contributed by atoms with Gasteiger partial charge in [-0.25, -0.2) is 9.94 Å². The molecule has 158 valence electrons. The number of aliphatic imine (C=N–C) groups is 1. The van der Waals surface area contributed by atoms with E-state index in [1.807, 2.05) is 55.5 Å². The monoisotopic (exact) mass is 422 g/mol. The van der Waals surface area contributed by atoms with Crippen molar-refractivity contribution in [2.24, 2.45) is 16.5 Å². The van der Waals surface area contributed by atoms with Crippen molar-refractivity contribution >= 4 is 38.5 Å². The topological polar surface area (TPSA) is 115 Å². The van der Waals surface area contributed by atoms with E-state index in [4.69, 9.17) is 18.0 Å². The van der Waals surface area contributed by atoms with Crippen LogP contribution in [0.2, 0.25) is 0 Å². The zero-order valence-electron chi connectivity index (χ0n) is 17.8. The number of H-pyrrole nitrogens is 1. The molecule has 7 heteroatoms. The number of hydrogen-bond acceptors (Lipinski definition) is 5. The third-order valence-electron chi connectivity index (χ3n) is 5.58. The highest BCUT2D eigenvalue weighted by atomic mass is 16.1. The number of fused-ring (bicyclic) bond motifs is 2. The summed E-state index contributed by atoms with van der Waals surface area (Å²) >= 11 is 0. The second-order valence-electron chi connectivity index (χ2n) is 7.37. The maximum absolute atomic E-state index is 12.4. The summed E-state index contributed by atoms with van der Waals surface area (Å²) in [6.45, 7) is 9.85. The predicted octanol–water partition coefficient (Wildman–Crippen LogP) is 3.81. The summed E-state index contributed by atoms with van der Waals surface area (Å²) < 4.78 is 0. The minimum absolute atomic E-state index is 0.180. The molecular weight excluding hydrogens is 400 g/mol. The Bertz CT molecular complexity index is 1520. The maximum Gasteiger partial charge on any atom is 0.272 e. The summed E-state index contributed by atoms with van der Waals surface area (Å²) in [6.07, 6.45) is 1.48. The highest BCUT2D eigenvalue weighted by Crippen LogP contribution is 2.34. The van der Waals surface area contributed by atoms with Gasteiger partial charge in [-0.05, 0) is 34.9 Å². The third kappa shape index (κ3) is 3.33. The molecule has 0 aliphatic carbocycles. The SMILES string of the molecule is [C-]#[N+]c1c(C(=NC)/C(=C\N)c2cc(C)c3c(=O)[nH]nc(CN)c3c2)ccc2ccccc12. The Hall–Kier alpha value is -4.28. The molecule has 0 saturated heterocycles. The minimum Gasteiger partial charge on any atom is -0.404 e. The molecule has 0 radical (unpaired) electrons. The fourth-order valence-electron chi connectivity index (χ4n) is 4.13. The van der Waals surface area contributed by atoms with Crippen molar-refractivity contribution in [3.63, 3.8) is 0 Å². The van der Waals surface area contributed by atoms with Gasteiger partial charge in [0.2, 0.25) is 5.69 Å². The number of aromatic amines is 1. The summed E-state index contributed by atoms with van der Waals surface area (Å²) in [5.74, 6) is 0. The molecule has 1 aromatic heterocycles. The summed E-state index contributed by atoms with van der Waals surface area (Å²) in [4.78, 5) is 20.7. The zero-order chi connectivity index (χ0) is 22.8. The van der Waals surface area contributed by atoms with Crippen LogP contribution in [0.1, 0.15) is 22.4 Å². The molecule has 3 aromatic carbocycles. The molecule has 4 rings (SSSR count). The average molecular weight is 422 g/mol. The van der Waals surface area contributed by atoms with Crippen molar-refractivity contribution in [1.29, 1.82) is 0 Å². The lowest BCUT2D eigenvalue weighted by molar-refractivity contribution is 0.899. The Labute approximate surface area is 184 Å². The lowest BCUT2D eigenvalue weighted by Gasteiger charge is -2.16. The highest BCUT2D eigenvalue weighted by Gasteiger charge is 2.19. The fraction of sp³-hybridized carbons (Fsp3) is 0.120. The van der Waals surface area contributed by atoms with Crippen LogP contribution in [-0.4, -0.2) is 23.0 Å². The van der Waals surface area contributed by atoms with Crippen LogP contribution in [0.3, 0.4) is 0 Å². The largest absolute Gasteiger partial charge is 0.404 e. The van der Waals surface area contributed by atoms with E-state index in [0.717, 1.165) is 21.9 Å². The van der Waals surface area contributed by atoms with Crippen LogP contribution in [0.4, 0.5) is 5.69 Å². The summed E-state index contributed by atoms with van der Waals surface area (Å²) in [7, 11) is 1.67. The number of aromatic nitrogens is 2. The predicted molar refractivity (Wildman–Crippen MR) is 130 cm³/mol. The van der Waals surface area contributed by atoms with E-state index in [9.17, 15) is 4.79 Å². The minimum atomic E-state index is -0.270. The Morgan fingerprint density at radius 1 is 1.22 bits per heavy atom. The van der Waals surface area contributed by atoms with Crippen molar-refractivity contribution in [3.05, 3.63) is 98.9 Å². The number of allylic oxidation sites excluding steroid dienone is 1. The summed E-state index contributed by atoms with van der Waals surface area (Å²) in [5, 5.41) is 9.65. The first-order chi connectivity index (χ1) is 15.5. The second-order valence-corrected chi connectivity index (χ2v) is 7.37. The van der Waals surface area contributed by atoms with E-state index < -0.39 is 0 Å². The number of rotatable bonds is 4. The number of nitrogens with zero attached hydrogens (tertiary/aromatic N) is 3. The second kappa shape index (κ2) is 8.46. The normalized spacial score (nSPS) is 12.3. The number of benzene rings is 3. The fourth-order valence-corrected chi connectivity index (χ4v) is 4.13. The van der Waals surface area contributed by atoms with Crippen molar-refractivity contribution in [2.75, 3.05) is 7.05 Å². The standard InChI is InChI=1S/C25H22N6O/c1-14-10-16(11-19-21(13-27)30-31-25(32)22(14)19)20(12-26)24(29-3)18-9-8-15-6-4-5-7-17(15)23(18)28-2/h4-12H,13,26-27H2,1,3H3,(H,31,32)/b20-12-,29-24?. The molecule has 0 aliphatic heterocycles. The van der Waals surface area contributed by atoms with Gasteiger partial charge >= 0.3 is 0 Å². The van der Waals surface area contributed by atoms with Gasteiger partial charge in [0.05, 0.1) is 23.4 Å². The quantitative estimate of drug-likeness (QED) is 0.343. The van der Waals surface area contributed by atoms with Gasteiger partial charge in [0.15, 0.2) is 0 Å². The molecular formula is C25H22N6O. The molecule has 0 saturated carbocycles. The summed E-state index contributed by atoms with van der Waals surface area (Å²) in [6, 6.07) is 15.4. The summed E-state index contributed by atoms with van der Waals surface area (Å²) in [5.41, 5.74) is 16.3. The first-order valence-corrected chi connectivity index (χ1v) is 10.0. The molecule has 1 heterocycles. The number of nitrogens with two attached hydrogens (primary N) is 2. The number of hydrogen-bond donors (Lipinski definition) is 3. The van der Waals surface area contributed by atoms with Crippen LogP contribution < -0.4 is 17.0 Å². The van der Waals surface area contributed by atoms with Gasteiger partial charge in [0.25, 0.3) is 5.56 Å². The van der Waals surface area contributed by atoms with Gasteiger partial charge in [-0.1, -0.05) is 42.5 Å². The molecule has 0 aliphatic rings. The molecule has 0 amide bonds. The maximum atomic E-state index is 12.4. The van der Waals surface area contributed by atoms with Crippen molar-refractivity contribution in [2.45, 2.75) is 13.5 Å². The van der Waals surface area contributed by atoms with Gasteiger partial charge in [-0.2, -0.15) is 5.10 Å². The molecule has 32 heavy (non-hydrogen) atoms. The molecule has 4 aromatic rings. The first-order valence-electron chi connectivity index (χ1n) is 10.0. The average Bonchev–Trinajstić information content (AvgIpc) is 2.81. The van der Waals surface area contributed by atoms with Crippen molar-refractivity contribution in [3.8, 4) is 0 Å². The molecule has 0 atom stereocenters. The van der Waals surface area contributed by atoms with Crippen LogP contribution in [-0.2, 0) is 6.54 Å². The van der Waals surface area contributed by atoms with Crippen LogP contribution in [0.25, 0.3) is 32.0 Å². The molecule has 0 bridgehead atoms. The Balaban J connectivity index is 1.97. The van der Waals surface area contributed by atoms with E-state index in [-0.39, 0.29) is 12.1 Å². The van der Waals surface area contributed by atoms with E-state index >= 15 is 0 Å². The van der Waals surface area contributed by atoms with E-state index in [0.29, 0.717) is 39.0 Å². The van der Waals surface area contributed by atoms with Crippen LogP contribution in [0.5, 0.6) is 0 Å². The molecule has 0 unspecified atom stereocenters. The number of nitrogens with one attached hydrogen (secondary N) is 1. The van der Waals surface area contributed by atoms with Gasteiger partial charge in [0.1, 0.15) is 0 Å². The van der Waals surface area contributed by atoms with Crippen molar-refractivity contribution < 1.29 is 0 Å². The smallest absolute Gasteiger partial charge is 0.272 e. The molecule has 0 spiro atoms. The number of aryl methyl sites for hydroxylation is 1. The van der Waals surface area contributed by atoms with Gasteiger partial charge < -0.3 is 11.5 Å². The third-order valence-corrected chi connectivity index (χ3v) is 5.58. The highest BCUT2D eigenvalue weighted by molar-refractivity contribution is 6.34. The van der Waals surface area contributed by atoms with Gasteiger partial charge in [0, 0.05) is 36.3 Å². The zero-order valence-corrected chi connectivity index (χ0v) is 17.8. The van der Waals surface area contributed by atoms with Crippen LogP contribution >= 0.6 is 0 Å². The lowest BCUT2D eigenvalue weighted by Crippen LogP contribution is -2.15. The van der Waals surface area contributed by atoms with E-state index in [2.05, 4.69) is 20.0 Å². The molecule has 7 nitrogen and oxygen atoms in total. The lowest BCUT2D eigenvalue weighted by atomic mass is 9.91. The van der Waals surface area contributed by atoms with E-state index in [1.54, 1.807) is 7.05 Å². The van der Waals surface area contributed by atoms with Gasteiger partial charge in [-0.15, -0.1) is 0 Å². The van der Waals surface area contributed by atoms with Crippen LogP contribution in [0.15, 0.2) is 64.5 Å². The van der Waals surface area contributed by atoms with Crippen LogP contribution in [0, 0.1) is 13.5 Å². The Morgan fingerprint density at radius 3 is 2.69 bits per heavy atom. The Morgan fingerprint density at radius 2 is 2.00 bits per heavy atom. The van der Waals surface area contributed by atoms with Gasteiger partial charge in [-0.3, -0.25) is 9.79 Å². The van der Waals surface area contributed by atoms with Crippen molar-refractivity contribution in [1.82, 2.24) is 10.2 Å². The van der Waals surface area contributed by atoms with E-state index in [1.165, 1.54) is 6.20 Å².